The maximum Gasteiger partial charge on any atom is 0.430 e. The Hall–Kier alpha value is -2.50. The van der Waals surface area contributed by atoms with Gasteiger partial charge >= 0.3 is 18.4 Å². The molecule has 1 aliphatic rings. The Morgan fingerprint density at radius 2 is 1.38 bits per heavy atom. The number of carbonyl (C=O) groups excluding carboxylic acids is 2. The number of urea groups is 1. The summed E-state index contributed by atoms with van der Waals surface area (Å²) in [6.07, 6.45) is -11.2. The van der Waals surface area contributed by atoms with Gasteiger partial charge in [0.25, 0.3) is 11.5 Å². The van der Waals surface area contributed by atoms with Crippen LogP contribution in [0.25, 0.3) is 0 Å². The molecule has 37 heavy (non-hydrogen) atoms. The fraction of sp³-hybridized carbons (Fsp3) is 0.680. The highest BCUT2D eigenvalue weighted by molar-refractivity contribution is 6.06. The minimum atomic E-state index is -6.00. The molecule has 6 nitrogen and oxygen atoms in total. The van der Waals surface area contributed by atoms with E-state index in [0.29, 0.717) is 25.0 Å². The van der Waals surface area contributed by atoms with Crippen molar-refractivity contribution in [1.29, 1.82) is 0 Å². The number of alkyl halides is 6. The number of amides is 3. The van der Waals surface area contributed by atoms with Gasteiger partial charge in [-0.05, 0) is 61.8 Å². The summed E-state index contributed by atoms with van der Waals surface area (Å²) < 4.78 is 87.1. The summed E-state index contributed by atoms with van der Waals surface area (Å²) in [5.41, 5.74) is -7.11. The van der Waals surface area contributed by atoms with E-state index in [-0.39, 0.29) is 35.9 Å². The van der Waals surface area contributed by atoms with Crippen molar-refractivity contribution >= 4 is 11.9 Å². The molecule has 0 atom stereocenters. The van der Waals surface area contributed by atoms with E-state index in [9.17, 15) is 41.0 Å². The Morgan fingerprint density at radius 3 is 1.73 bits per heavy atom. The fourth-order valence-electron chi connectivity index (χ4n) is 4.12. The molecule has 1 aliphatic heterocycles. The SMILES string of the molecule is CC(C)c1cc(C(O)(C(F)(F)F)C(F)(F)F)cc(C(C)C)c1OCCCCN1C(=O)N(C)C(C)(C)C1=O. The van der Waals surface area contributed by atoms with Crippen molar-refractivity contribution in [2.75, 3.05) is 20.2 Å². The second-order valence-corrected chi connectivity index (χ2v) is 10.4. The van der Waals surface area contributed by atoms with Gasteiger partial charge in [-0.15, -0.1) is 0 Å². The predicted molar refractivity (Wildman–Crippen MR) is 124 cm³/mol. The molecule has 3 amide bonds. The molecule has 1 saturated heterocycles. The van der Waals surface area contributed by atoms with E-state index in [2.05, 4.69) is 0 Å². The Balaban J connectivity index is 2.30. The topological polar surface area (TPSA) is 70.1 Å². The quantitative estimate of drug-likeness (QED) is 0.234. The van der Waals surface area contributed by atoms with E-state index >= 15 is 0 Å². The summed E-state index contributed by atoms with van der Waals surface area (Å²) in [6.45, 7) is 9.86. The van der Waals surface area contributed by atoms with Crippen LogP contribution in [0.1, 0.15) is 82.9 Å². The molecule has 0 bridgehead atoms. The molecule has 210 valence electrons. The zero-order valence-electron chi connectivity index (χ0n) is 22.0. The molecule has 0 aliphatic carbocycles. The number of imide groups is 1. The Bertz CT molecular complexity index is 974. The van der Waals surface area contributed by atoms with E-state index < -0.39 is 46.9 Å². The minimum Gasteiger partial charge on any atom is -0.493 e. The maximum atomic E-state index is 13.5. The van der Waals surface area contributed by atoms with Crippen LogP contribution < -0.4 is 4.74 Å². The van der Waals surface area contributed by atoms with Gasteiger partial charge in [-0.2, -0.15) is 26.3 Å². The molecule has 0 aromatic heterocycles. The highest BCUT2D eigenvalue weighted by atomic mass is 19.4. The van der Waals surface area contributed by atoms with Crippen molar-refractivity contribution < 1.29 is 45.8 Å². The summed E-state index contributed by atoms with van der Waals surface area (Å²) >= 11 is 0. The summed E-state index contributed by atoms with van der Waals surface area (Å²) in [6, 6.07) is 0.983. The fourth-order valence-corrected chi connectivity index (χ4v) is 4.12. The van der Waals surface area contributed by atoms with Gasteiger partial charge in [-0.3, -0.25) is 9.69 Å². The molecule has 1 heterocycles. The average Bonchev–Trinajstić information content (AvgIpc) is 2.90. The van der Waals surface area contributed by atoms with Crippen LogP contribution in [0.15, 0.2) is 12.1 Å². The van der Waals surface area contributed by atoms with Crippen LogP contribution in [0.4, 0.5) is 31.1 Å². The third-order valence-electron chi connectivity index (χ3n) is 6.78. The number of carbonyl (C=O) groups is 2. The number of nitrogens with zero attached hydrogens (tertiary/aromatic N) is 2. The standard InChI is InChI=1S/C25H34F6N2O4/c1-14(2)17-12-16(23(36,24(26,27)28)25(29,30)31)13-18(15(3)4)19(17)37-11-9-8-10-33-20(34)22(5,6)32(7)21(33)35/h12-15,36H,8-11H2,1-7H3. The minimum absolute atomic E-state index is 0.0526. The second kappa shape index (κ2) is 10.3. The number of benzene rings is 1. The molecule has 0 spiro atoms. The van der Waals surface area contributed by atoms with Crippen LogP contribution in [0.2, 0.25) is 0 Å². The third kappa shape index (κ3) is 5.53. The number of aliphatic hydroxyl groups is 1. The Kier molecular flexibility index (Phi) is 8.59. The van der Waals surface area contributed by atoms with Crippen molar-refractivity contribution in [3.8, 4) is 5.75 Å². The molecule has 2 rings (SSSR count). The first-order valence-electron chi connectivity index (χ1n) is 12.0. The molecular weight excluding hydrogens is 506 g/mol. The molecule has 0 saturated carbocycles. The van der Waals surface area contributed by atoms with Gasteiger partial charge in [0.1, 0.15) is 11.3 Å². The first-order chi connectivity index (χ1) is 16.7. The van der Waals surface area contributed by atoms with Crippen LogP contribution in [0, 0.1) is 0 Å². The summed E-state index contributed by atoms with van der Waals surface area (Å²) in [5, 5.41) is 9.95. The molecule has 1 aromatic rings. The molecular formula is C25H34F6N2O4. The normalized spacial score (nSPS) is 17.0. The van der Waals surface area contributed by atoms with Gasteiger partial charge < -0.3 is 14.7 Å². The van der Waals surface area contributed by atoms with Crippen molar-refractivity contribution in [3.63, 3.8) is 0 Å². The number of hydrogen-bond acceptors (Lipinski definition) is 4. The highest BCUT2D eigenvalue weighted by Gasteiger charge is 2.71. The van der Waals surface area contributed by atoms with E-state index in [1.165, 1.54) is 11.9 Å². The van der Waals surface area contributed by atoms with Crippen molar-refractivity contribution in [2.45, 2.75) is 89.7 Å². The average molecular weight is 541 g/mol. The lowest BCUT2D eigenvalue weighted by Crippen LogP contribution is -2.54. The summed E-state index contributed by atoms with van der Waals surface area (Å²) in [7, 11) is 1.53. The predicted octanol–water partition coefficient (Wildman–Crippen LogP) is 6.08. The van der Waals surface area contributed by atoms with Crippen LogP contribution >= 0.6 is 0 Å². The summed E-state index contributed by atoms with van der Waals surface area (Å²) in [4.78, 5) is 27.3. The molecule has 0 unspecified atom stereocenters. The largest absolute Gasteiger partial charge is 0.493 e. The van der Waals surface area contributed by atoms with E-state index in [0.717, 1.165) is 4.90 Å². The number of ether oxygens (including phenoxy) is 1. The third-order valence-corrected chi connectivity index (χ3v) is 6.78. The van der Waals surface area contributed by atoms with Gasteiger partial charge in [0.15, 0.2) is 0 Å². The van der Waals surface area contributed by atoms with Crippen molar-refractivity contribution in [3.05, 3.63) is 28.8 Å². The monoisotopic (exact) mass is 540 g/mol. The van der Waals surface area contributed by atoms with Crippen LogP contribution in [-0.4, -0.2) is 64.9 Å². The first kappa shape index (κ1) is 30.7. The van der Waals surface area contributed by atoms with Crippen LogP contribution in [0.5, 0.6) is 5.75 Å². The molecule has 12 heteroatoms. The Morgan fingerprint density at radius 1 is 0.919 bits per heavy atom. The lowest BCUT2D eigenvalue weighted by atomic mass is 9.84. The van der Waals surface area contributed by atoms with Crippen molar-refractivity contribution in [2.24, 2.45) is 0 Å². The number of halogens is 6. The van der Waals surface area contributed by atoms with Gasteiger partial charge in [-0.25, -0.2) is 4.79 Å². The zero-order valence-corrected chi connectivity index (χ0v) is 22.0. The molecule has 1 N–H and O–H groups in total. The smallest absolute Gasteiger partial charge is 0.430 e. The lowest BCUT2D eigenvalue weighted by Gasteiger charge is -2.34. The van der Waals surface area contributed by atoms with Gasteiger partial charge in [0, 0.05) is 19.2 Å². The number of rotatable bonds is 9. The van der Waals surface area contributed by atoms with Crippen LogP contribution in [0.3, 0.4) is 0 Å². The summed E-state index contributed by atoms with van der Waals surface area (Å²) in [5.74, 6) is -1.20. The van der Waals surface area contributed by atoms with E-state index in [1.54, 1.807) is 41.5 Å². The first-order valence-corrected chi connectivity index (χ1v) is 12.0. The lowest BCUT2D eigenvalue weighted by molar-refractivity contribution is -0.376. The van der Waals surface area contributed by atoms with Gasteiger partial charge in [-0.1, -0.05) is 27.7 Å². The number of likely N-dealkylation sites (N-methyl/N-ethyl adjacent to an activating group) is 1. The van der Waals surface area contributed by atoms with Gasteiger partial charge in [0.05, 0.1) is 6.61 Å². The van der Waals surface area contributed by atoms with Gasteiger partial charge in [0.2, 0.25) is 0 Å². The molecule has 0 radical (unpaired) electrons. The Labute approximate surface area is 212 Å². The maximum absolute atomic E-state index is 13.5. The molecule has 1 aromatic carbocycles. The highest BCUT2D eigenvalue weighted by Crippen LogP contribution is 2.52. The van der Waals surface area contributed by atoms with Crippen molar-refractivity contribution in [1.82, 2.24) is 9.80 Å². The van der Waals surface area contributed by atoms with Crippen LogP contribution in [-0.2, 0) is 10.4 Å². The number of unbranched alkanes of at least 4 members (excludes halogenated alkanes) is 1. The number of hydrogen-bond donors (Lipinski definition) is 1. The molecule has 1 fully saturated rings. The zero-order chi connectivity index (χ0) is 28.7. The second-order valence-electron chi connectivity index (χ2n) is 10.4. The van der Waals surface area contributed by atoms with E-state index in [4.69, 9.17) is 4.74 Å². The van der Waals surface area contributed by atoms with E-state index in [1.807, 2.05) is 0 Å².